The summed E-state index contributed by atoms with van der Waals surface area (Å²) in [6.45, 7) is 3.16. The van der Waals surface area contributed by atoms with Gasteiger partial charge in [-0.2, -0.15) is 27.1 Å². The maximum Gasteiger partial charge on any atom is 0.380 e. The number of hydrogen-bond donors (Lipinski definition) is 3. The molecule has 2 amide bonds. The molecule has 28 heteroatoms. The number of methoxy groups -OCH3 is 1. The first-order valence-electron chi connectivity index (χ1n) is 22.0. The molecule has 2 fully saturated rings. The summed E-state index contributed by atoms with van der Waals surface area (Å²) in [4.78, 5) is 42.7. The average Bonchev–Trinajstić information content (AvgIpc) is 4.06. The Labute approximate surface area is 465 Å². The summed E-state index contributed by atoms with van der Waals surface area (Å²) >= 11 is 16.1. The van der Waals surface area contributed by atoms with E-state index in [9.17, 15) is 31.5 Å². The van der Waals surface area contributed by atoms with Gasteiger partial charge in [-0.25, -0.2) is 19.6 Å². The molecule has 0 saturated carbocycles. The fourth-order valence-corrected chi connectivity index (χ4v) is 9.48. The highest BCUT2D eigenvalue weighted by Gasteiger charge is 2.29. The van der Waals surface area contributed by atoms with E-state index < -0.39 is 20.6 Å². The van der Waals surface area contributed by atoms with E-state index in [4.69, 9.17) is 23.4 Å². The molecule has 0 radical (unpaired) electrons. The van der Waals surface area contributed by atoms with Crippen molar-refractivity contribution < 1.29 is 44.6 Å². The Morgan fingerprint density at radius 2 is 1.05 bits per heavy atom. The summed E-state index contributed by atoms with van der Waals surface area (Å²) in [5, 5.41) is 19.8. The molecule has 4 heterocycles. The normalized spacial score (nSPS) is 14.2. The van der Waals surface area contributed by atoms with Crippen LogP contribution in [0.3, 0.4) is 0 Å². The van der Waals surface area contributed by atoms with Gasteiger partial charge in [0.25, 0.3) is 0 Å². The molecular weight excluding hydrogens is 1320 g/mol. The Balaban J connectivity index is 0.000000222. The first-order chi connectivity index (χ1) is 34.5. The van der Waals surface area contributed by atoms with Crippen LogP contribution in [0.5, 0.6) is 23.0 Å². The van der Waals surface area contributed by atoms with E-state index >= 15 is 0 Å². The molecule has 4 aromatic carbocycles. The molecule has 2 aromatic heterocycles. The van der Waals surface area contributed by atoms with Gasteiger partial charge in [-0.3, -0.25) is 9.13 Å². The number of carbonyl (C=O) groups is 2. The number of aromatic hydroxyl groups is 1. The molecule has 0 bridgehead atoms. The molecule has 0 spiro atoms. The number of carbonyl (C=O) groups excluding carboxylic acids is 2. The van der Waals surface area contributed by atoms with Crippen molar-refractivity contribution in [3.8, 4) is 45.5 Å². The van der Waals surface area contributed by atoms with Crippen LogP contribution in [-0.4, -0.2) is 126 Å². The number of amides is 2. The molecule has 0 aliphatic carbocycles. The molecule has 6 aromatic rings. The van der Waals surface area contributed by atoms with Gasteiger partial charge in [0, 0.05) is 99.4 Å². The van der Waals surface area contributed by atoms with E-state index in [0.29, 0.717) is 27.0 Å². The minimum absolute atomic E-state index is 0.0591. The van der Waals surface area contributed by atoms with Gasteiger partial charge in [0.15, 0.2) is 0 Å². The molecule has 8 rings (SSSR count). The predicted molar refractivity (Wildman–Crippen MR) is 299 cm³/mol. The van der Waals surface area contributed by atoms with Crippen LogP contribution >= 0.6 is 79.1 Å². The highest BCUT2D eigenvalue weighted by Crippen LogP contribution is 2.33. The Morgan fingerprint density at radius 1 is 0.658 bits per heavy atom. The summed E-state index contributed by atoms with van der Waals surface area (Å²) in [5.74, 6) is 1.11. The van der Waals surface area contributed by atoms with Crippen LogP contribution in [0.1, 0.15) is 25.7 Å². The molecule has 2 aliphatic rings. The monoisotopic (exact) mass is 1360 g/mol. The number of ether oxygens (including phenoxy) is 1. The SMILES string of the molecule is BrB(Br)Br.CN(C(=O)n1cnc(-c2cccc(OS(N)(=O)=O)c2)c1)C1CCN(c2ccc(Br)c(O)c2)CC1.COc1cc(N2CCC(N(C)C(=O)n3cnc(-c4cccc(OS(N)(=O)=O)c4)c3)CC2)ccc1Br. The van der Waals surface area contributed by atoms with Crippen LogP contribution in [0.4, 0.5) is 21.0 Å². The summed E-state index contributed by atoms with van der Waals surface area (Å²) in [6, 6.07) is 23.9. The van der Waals surface area contributed by atoms with E-state index in [1.165, 1.54) is 46.1 Å². The van der Waals surface area contributed by atoms with Gasteiger partial charge in [0.2, 0.25) is 0 Å². The summed E-state index contributed by atoms with van der Waals surface area (Å²) in [6.07, 6.45) is 9.31. The van der Waals surface area contributed by atoms with Crippen LogP contribution in [0, 0.1) is 0 Å². The number of rotatable bonds is 11. The minimum Gasteiger partial charge on any atom is -0.507 e. The van der Waals surface area contributed by atoms with E-state index in [2.05, 4.69) is 105 Å². The number of aromatic nitrogens is 4. The molecule has 5 N–H and O–H groups in total. The zero-order valence-corrected chi connectivity index (χ0v) is 48.9. The van der Waals surface area contributed by atoms with Gasteiger partial charge in [-0.05, 0) is 106 Å². The van der Waals surface area contributed by atoms with Gasteiger partial charge in [-0.15, -0.1) is 47.3 Å². The van der Waals surface area contributed by atoms with Gasteiger partial charge in [0.1, 0.15) is 35.7 Å². The number of hydrogen-bond acceptors (Lipinski definition) is 14. The van der Waals surface area contributed by atoms with E-state index in [1.54, 1.807) is 73.7 Å². The van der Waals surface area contributed by atoms with Crippen LogP contribution in [0.15, 0.2) is 119 Å². The third kappa shape index (κ3) is 16.7. The van der Waals surface area contributed by atoms with Crippen molar-refractivity contribution in [1.82, 2.24) is 28.9 Å². The van der Waals surface area contributed by atoms with Crippen molar-refractivity contribution in [2.75, 3.05) is 57.2 Å². The largest absolute Gasteiger partial charge is 0.507 e. The Hall–Kier alpha value is -4.68. The fraction of sp³-hybridized carbons (Fsp3) is 0.289. The lowest BCUT2D eigenvalue weighted by molar-refractivity contribution is 0.180. The smallest absolute Gasteiger partial charge is 0.380 e. The number of anilines is 2. The van der Waals surface area contributed by atoms with Gasteiger partial charge < -0.3 is 37.8 Å². The van der Waals surface area contributed by atoms with Crippen molar-refractivity contribution in [3.63, 3.8) is 0 Å². The van der Waals surface area contributed by atoms with Crippen molar-refractivity contribution in [3.05, 3.63) is 119 Å². The molecule has 20 nitrogen and oxygen atoms in total. The Morgan fingerprint density at radius 3 is 1.44 bits per heavy atom. The van der Waals surface area contributed by atoms with Crippen LogP contribution < -0.4 is 33.2 Å². The number of imidazole rings is 2. The minimum atomic E-state index is -4.14. The number of nitrogens with zero attached hydrogens (tertiary/aromatic N) is 8. The van der Waals surface area contributed by atoms with Crippen LogP contribution in [-0.2, 0) is 20.6 Å². The lowest BCUT2D eigenvalue weighted by atomic mass is 10.0. The van der Waals surface area contributed by atoms with Crippen LogP contribution in [0.25, 0.3) is 22.5 Å². The van der Waals surface area contributed by atoms with Gasteiger partial charge in [-0.1, -0.05) is 24.3 Å². The predicted octanol–water partition coefficient (Wildman–Crippen LogP) is 8.80. The number of nitrogens with two attached hydrogens (primary N) is 2. The highest BCUT2D eigenvalue weighted by molar-refractivity contribution is 9.69. The topological polar surface area (TPSA) is 251 Å². The third-order valence-corrected chi connectivity index (χ3v) is 13.9. The standard InChI is InChI=1S/C23H26BrN5O5S.C22H24BrN5O5S.BBr3/c1-27(17-8-10-28(11-9-17)18-6-7-20(24)22(13-18)33-2)23(30)29-14-21(26-15-29)16-4-3-5-19(12-16)34-35(25,31)32;1-26(16-7-9-27(10-8-16)17-5-6-19(23)21(29)12-17)22(30)28-13-20(25-14-28)15-3-2-4-18(11-15)33-34(24,31)32;2-1(3)4/h3-7,12-15,17H,8-11H2,1-2H3,(H2,25,31,32);2-6,11-14,16,29H,7-10H2,1H3,(H2,24,31,32);. The van der Waals surface area contributed by atoms with Crippen molar-refractivity contribution >= 4 is 126 Å². The molecule has 2 saturated heterocycles. The number of phenolic OH excluding ortho intramolecular Hbond substituents is 1. The maximum absolute atomic E-state index is 13.1. The Bertz CT molecular complexity index is 3100. The number of benzene rings is 4. The number of piperidine rings is 2. The fourth-order valence-electron chi connectivity index (χ4n) is 8.08. The quantitative estimate of drug-likeness (QED) is 0.103. The average molecular weight is 1370 g/mol. The second-order valence-corrected chi connectivity index (χ2v) is 26.9. The highest BCUT2D eigenvalue weighted by atomic mass is 79.9. The molecule has 73 heavy (non-hydrogen) atoms. The summed E-state index contributed by atoms with van der Waals surface area (Å²) in [5.41, 5.74) is 4.21. The lowest BCUT2D eigenvalue weighted by Gasteiger charge is -2.37. The first kappa shape index (κ1) is 57.6. The van der Waals surface area contributed by atoms with E-state index in [0.717, 1.165) is 73.5 Å². The molecule has 0 unspecified atom stereocenters. The lowest BCUT2D eigenvalue weighted by Crippen LogP contribution is -2.46. The Kier molecular flexibility index (Phi) is 20.3. The van der Waals surface area contributed by atoms with Gasteiger partial charge in [0.05, 0.1) is 27.4 Å². The van der Waals surface area contributed by atoms with Crippen molar-refractivity contribution in [2.45, 2.75) is 37.8 Å². The zero-order chi connectivity index (χ0) is 53.2. The summed E-state index contributed by atoms with van der Waals surface area (Å²) < 4.78 is 64.2. The van der Waals surface area contributed by atoms with Crippen LogP contribution in [0.2, 0.25) is 0 Å². The second kappa shape index (κ2) is 25.7. The second-order valence-electron chi connectivity index (χ2n) is 16.5. The summed E-state index contributed by atoms with van der Waals surface area (Å²) in [7, 11) is -3.06. The van der Waals surface area contributed by atoms with Crippen molar-refractivity contribution in [2.24, 2.45) is 10.3 Å². The van der Waals surface area contributed by atoms with E-state index in [-0.39, 0.29) is 44.6 Å². The molecule has 390 valence electrons. The molecule has 2 aliphatic heterocycles. The first-order valence-corrected chi connectivity index (χ1v) is 29.3. The number of phenols is 1. The molecular formula is C45H50BBr5N10O10S2. The van der Waals surface area contributed by atoms with Crippen molar-refractivity contribution in [1.29, 1.82) is 0 Å². The molecule has 0 atom stereocenters. The maximum atomic E-state index is 13.1. The zero-order valence-electron chi connectivity index (χ0n) is 39.3. The van der Waals surface area contributed by atoms with E-state index in [1.807, 2.05) is 24.3 Å². The van der Waals surface area contributed by atoms with Gasteiger partial charge >= 0.3 is 35.9 Å². The third-order valence-electron chi connectivity index (χ3n) is 11.7. The number of halogens is 5.